The van der Waals surface area contributed by atoms with Crippen molar-refractivity contribution < 1.29 is 19.4 Å². The van der Waals surface area contributed by atoms with Crippen LogP contribution in [0.25, 0.3) is 0 Å². The van der Waals surface area contributed by atoms with Crippen LogP contribution in [-0.2, 0) is 0 Å². The van der Waals surface area contributed by atoms with E-state index in [2.05, 4.69) is 0 Å². The lowest BCUT2D eigenvalue weighted by molar-refractivity contribution is 0.0595. The molecule has 0 atom stereocenters. The summed E-state index contributed by atoms with van der Waals surface area (Å²) >= 11 is 5.87. The molecule has 132 valence electrons. The highest BCUT2D eigenvalue weighted by molar-refractivity contribution is 6.30. The number of halogens is 1. The highest BCUT2D eigenvalue weighted by Crippen LogP contribution is 2.28. The molecule has 0 bridgehead atoms. The Kier molecular flexibility index (Phi) is 5.34. The number of methoxy groups -OCH3 is 1. The number of ether oxygens (including phenoxy) is 2. The molecule has 1 amide bonds. The van der Waals surface area contributed by atoms with E-state index >= 15 is 0 Å². The molecule has 1 aliphatic heterocycles. The highest BCUT2D eigenvalue weighted by Gasteiger charge is 2.25. The molecule has 1 saturated heterocycles. The predicted molar refractivity (Wildman–Crippen MR) is 95.7 cm³/mol. The van der Waals surface area contributed by atoms with Gasteiger partial charge in [0.25, 0.3) is 5.91 Å². The van der Waals surface area contributed by atoms with E-state index in [9.17, 15) is 9.90 Å². The molecule has 25 heavy (non-hydrogen) atoms. The topological polar surface area (TPSA) is 59.0 Å². The number of aromatic hydroxyl groups is 1. The summed E-state index contributed by atoms with van der Waals surface area (Å²) in [5, 5.41) is 10.3. The van der Waals surface area contributed by atoms with E-state index in [1.54, 1.807) is 29.2 Å². The lowest BCUT2D eigenvalue weighted by Gasteiger charge is -2.32. The predicted octanol–water partition coefficient (Wildman–Crippen LogP) is 3.74. The third kappa shape index (κ3) is 4.17. The van der Waals surface area contributed by atoms with Gasteiger partial charge in [-0.25, -0.2) is 0 Å². The fourth-order valence-corrected chi connectivity index (χ4v) is 3.00. The van der Waals surface area contributed by atoms with Gasteiger partial charge in [0.05, 0.1) is 7.11 Å². The lowest BCUT2D eigenvalue weighted by atomic mass is 10.1. The van der Waals surface area contributed by atoms with Crippen molar-refractivity contribution in [1.29, 1.82) is 0 Å². The molecule has 2 aromatic carbocycles. The first kappa shape index (κ1) is 17.4. The molecule has 0 saturated carbocycles. The van der Waals surface area contributed by atoms with Crippen molar-refractivity contribution in [1.82, 2.24) is 4.90 Å². The van der Waals surface area contributed by atoms with Gasteiger partial charge in [0, 0.05) is 36.5 Å². The molecule has 3 rings (SSSR count). The van der Waals surface area contributed by atoms with E-state index in [0.29, 0.717) is 29.4 Å². The molecular weight excluding hydrogens is 342 g/mol. The van der Waals surface area contributed by atoms with E-state index in [-0.39, 0.29) is 17.8 Å². The molecule has 1 fully saturated rings. The Morgan fingerprint density at radius 2 is 1.84 bits per heavy atom. The Morgan fingerprint density at radius 1 is 1.16 bits per heavy atom. The third-order valence-corrected chi connectivity index (χ3v) is 4.52. The van der Waals surface area contributed by atoms with E-state index in [1.807, 2.05) is 12.1 Å². The monoisotopic (exact) mass is 361 g/mol. The zero-order valence-corrected chi connectivity index (χ0v) is 14.7. The Hall–Kier alpha value is -2.40. The largest absolute Gasteiger partial charge is 0.504 e. The maximum atomic E-state index is 12.6. The van der Waals surface area contributed by atoms with E-state index in [1.165, 1.54) is 13.2 Å². The lowest BCUT2D eigenvalue weighted by Crippen LogP contribution is -2.41. The average molecular weight is 362 g/mol. The van der Waals surface area contributed by atoms with Crippen LogP contribution in [0.2, 0.25) is 5.02 Å². The number of hydrogen-bond donors (Lipinski definition) is 1. The second kappa shape index (κ2) is 7.66. The van der Waals surface area contributed by atoms with Crippen molar-refractivity contribution in [3.63, 3.8) is 0 Å². The maximum absolute atomic E-state index is 12.6. The van der Waals surface area contributed by atoms with E-state index in [4.69, 9.17) is 21.1 Å². The minimum atomic E-state index is -0.0664. The second-order valence-corrected chi connectivity index (χ2v) is 6.39. The number of benzene rings is 2. The van der Waals surface area contributed by atoms with Crippen LogP contribution >= 0.6 is 11.6 Å². The first-order chi connectivity index (χ1) is 12.1. The van der Waals surface area contributed by atoms with Crippen molar-refractivity contribution in [3.05, 3.63) is 53.1 Å². The molecule has 5 nitrogen and oxygen atoms in total. The zero-order valence-electron chi connectivity index (χ0n) is 13.9. The maximum Gasteiger partial charge on any atom is 0.253 e. The van der Waals surface area contributed by atoms with E-state index < -0.39 is 0 Å². The third-order valence-electron chi connectivity index (χ3n) is 4.27. The normalized spacial score (nSPS) is 15.0. The Bertz CT molecular complexity index is 740. The first-order valence-electron chi connectivity index (χ1n) is 8.15. The van der Waals surface area contributed by atoms with Gasteiger partial charge < -0.3 is 19.5 Å². The highest BCUT2D eigenvalue weighted by atomic mass is 35.5. The number of likely N-dealkylation sites (tertiary alicyclic amines) is 1. The van der Waals surface area contributed by atoms with Crippen LogP contribution in [0.15, 0.2) is 42.5 Å². The summed E-state index contributed by atoms with van der Waals surface area (Å²) in [5.74, 6) is 1.04. The number of phenolic OH excluding ortho intramolecular Hbond substituents is 1. The van der Waals surface area contributed by atoms with Crippen molar-refractivity contribution >= 4 is 17.5 Å². The van der Waals surface area contributed by atoms with Crippen LogP contribution in [0.5, 0.6) is 17.2 Å². The van der Waals surface area contributed by atoms with Crippen molar-refractivity contribution in [2.75, 3.05) is 20.2 Å². The number of rotatable bonds is 4. The fourth-order valence-electron chi connectivity index (χ4n) is 2.88. The zero-order chi connectivity index (χ0) is 17.8. The number of amides is 1. The quantitative estimate of drug-likeness (QED) is 0.901. The summed E-state index contributed by atoms with van der Waals surface area (Å²) in [4.78, 5) is 14.4. The molecule has 0 aromatic heterocycles. The number of hydrogen-bond acceptors (Lipinski definition) is 4. The number of piperidine rings is 1. The summed E-state index contributed by atoms with van der Waals surface area (Å²) < 4.78 is 11.0. The average Bonchev–Trinajstić information content (AvgIpc) is 2.64. The fraction of sp³-hybridized carbons (Fsp3) is 0.316. The molecule has 0 unspecified atom stereocenters. The SMILES string of the molecule is COc1cc(C(=O)N2CCC(Oc3ccc(Cl)cc3)CC2)ccc1O. The van der Waals surface area contributed by atoms with Crippen molar-refractivity contribution in [2.45, 2.75) is 18.9 Å². The van der Waals surface area contributed by atoms with Gasteiger partial charge in [0.1, 0.15) is 11.9 Å². The van der Waals surface area contributed by atoms with Crippen LogP contribution in [0.3, 0.4) is 0 Å². The van der Waals surface area contributed by atoms with Crippen LogP contribution in [0, 0.1) is 0 Å². The van der Waals surface area contributed by atoms with Gasteiger partial charge in [-0.2, -0.15) is 0 Å². The van der Waals surface area contributed by atoms with Gasteiger partial charge in [0.15, 0.2) is 11.5 Å². The molecular formula is C19H20ClNO4. The van der Waals surface area contributed by atoms with Crippen LogP contribution < -0.4 is 9.47 Å². The summed E-state index contributed by atoms with van der Waals surface area (Å²) in [5.41, 5.74) is 0.506. The van der Waals surface area contributed by atoms with Crippen LogP contribution in [-0.4, -0.2) is 42.2 Å². The summed E-state index contributed by atoms with van der Waals surface area (Å²) in [6.45, 7) is 1.25. The molecule has 0 aliphatic carbocycles. The van der Waals surface area contributed by atoms with Crippen molar-refractivity contribution in [2.24, 2.45) is 0 Å². The number of carbonyl (C=O) groups excluding carboxylic acids is 1. The molecule has 2 aromatic rings. The standard InChI is InChI=1S/C19H20ClNO4/c1-24-18-12-13(2-7-17(18)22)19(23)21-10-8-16(9-11-21)25-15-5-3-14(20)4-6-15/h2-7,12,16,22H,8-11H2,1H3. The summed E-state index contributed by atoms with van der Waals surface area (Å²) in [7, 11) is 1.46. The molecule has 1 heterocycles. The van der Waals surface area contributed by atoms with Crippen LogP contribution in [0.1, 0.15) is 23.2 Å². The van der Waals surface area contributed by atoms with Gasteiger partial charge in [0.2, 0.25) is 0 Å². The van der Waals surface area contributed by atoms with Crippen LogP contribution in [0.4, 0.5) is 0 Å². The number of carbonyl (C=O) groups is 1. The summed E-state index contributed by atoms with van der Waals surface area (Å²) in [6.07, 6.45) is 1.62. The van der Waals surface area contributed by atoms with Gasteiger partial charge in [-0.05, 0) is 42.5 Å². The van der Waals surface area contributed by atoms with E-state index in [0.717, 1.165) is 18.6 Å². The van der Waals surface area contributed by atoms with Gasteiger partial charge >= 0.3 is 0 Å². The second-order valence-electron chi connectivity index (χ2n) is 5.95. The number of phenols is 1. The molecule has 1 aliphatic rings. The van der Waals surface area contributed by atoms with Gasteiger partial charge in [-0.3, -0.25) is 4.79 Å². The van der Waals surface area contributed by atoms with Crippen molar-refractivity contribution in [3.8, 4) is 17.2 Å². The minimum Gasteiger partial charge on any atom is -0.504 e. The Labute approximate surface area is 151 Å². The molecule has 0 radical (unpaired) electrons. The summed E-state index contributed by atoms with van der Waals surface area (Å²) in [6, 6.07) is 11.9. The molecule has 1 N–H and O–H groups in total. The number of nitrogens with zero attached hydrogens (tertiary/aromatic N) is 1. The van der Waals surface area contributed by atoms with Gasteiger partial charge in [-0.15, -0.1) is 0 Å². The Morgan fingerprint density at radius 3 is 2.48 bits per heavy atom. The Balaban J connectivity index is 1.58. The molecule has 6 heteroatoms. The smallest absolute Gasteiger partial charge is 0.253 e. The minimum absolute atomic E-state index is 0.0223. The first-order valence-corrected chi connectivity index (χ1v) is 8.53. The van der Waals surface area contributed by atoms with Gasteiger partial charge in [-0.1, -0.05) is 11.6 Å². The molecule has 0 spiro atoms.